The predicted molar refractivity (Wildman–Crippen MR) is 132 cm³/mol. The second kappa shape index (κ2) is 9.26. The zero-order valence-electron chi connectivity index (χ0n) is 19.1. The number of aromatic nitrogens is 1. The molecule has 2 amide bonds. The summed E-state index contributed by atoms with van der Waals surface area (Å²) in [7, 11) is 0. The van der Waals surface area contributed by atoms with Crippen LogP contribution < -0.4 is 16.0 Å². The van der Waals surface area contributed by atoms with Gasteiger partial charge in [0, 0.05) is 17.1 Å². The lowest BCUT2D eigenvalue weighted by molar-refractivity contribution is -0.123. The van der Waals surface area contributed by atoms with E-state index in [0.29, 0.717) is 21.9 Å². The summed E-state index contributed by atoms with van der Waals surface area (Å²) < 4.78 is 0. The van der Waals surface area contributed by atoms with Crippen LogP contribution in [0.3, 0.4) is 0 Å². The summed E-state index contributed by atoms with van der Waals surface area (Å²) in [6, 6.07) is 5.50. The maximum Gasteiger partial charge on any atom is 0.262 e. The number of carbonyl (C=O) groups excluding carboxylic acids is 2. The molecule has 0 saturated heterocycles. The minimum Gasteiger partial charge on any atom is -0.376 e. The van der Waals surface area contributed by atoms with Gasteiger partial charge in [0.15, 0.2) is 0 Å². The molecule has 3 aliphatic rings. The molecule has 33 heavy (non-hydrogen) atoms. The molecular weight excluding hydrogens is 456 g/mol. The van der Waals surface area contributed by atoms with Crippen molar-refractivity contribution in [2.45, 2.75) is 70.5 Å². The Morgan fingerprint density at radius 1 is 1.21 bits per heavy atom. The Labute approximate surface area is 203 Å². The van der Waals surface area contributed by atoms with Crippen molar-refractivity contribution in [3.63, 3.8) is 0 Å². The molecule has 8 heteroatoms. The molecule has 0 radical (unpaired) electrons. The van der Waals surface area contributed by atoms with Gasteiger partial charge in [0.05, 0.1) is 27.3 Å². The van der Waals surface area contributed by atoms with Crippen molar-refractivity contribution in [1.82, 2.24) is 15.6 Å². The molecule has 0 aromatic carbocycles. The van der Waals surface area contributed by atoms with E-state index < -0.39 is 6.04 Å². The summed E-state index contributed by atoms with van der Waals surface area (Å²) in [4.78, 5) is 31.9. The van der Waals surface area contributed by atoms with Crippen molar-refractivity contribution in [3.05, 3.63) is 44.9 Å². The Hall–Kier alpha value is -2.12. The van der Waals surface area contributed by atoms with Crippen LogP contribution >= 0.6 is 22.9 Å². The summed E-state index contributed by atoms with van der Waals surface area (Å²) in [6.45, 7) is 3.98. The van der Waals surface area contributed by atoms with Gasteiger partial charge in [-0.2, -0.15) is 0 Å². The van der Waals surface area contributed by atoms with E-state index in [1.165, 1.54) is 30.6 Å². The fourth-order valence-corrected chi connectivity index (χ4v) is 6.09. The molecule has 3 saturated carbocycles. The van der Waals surface area contributed by atoms with Crippen molar-refractivity contribution >= 4 is 40.4 Å². The van der Waals surface area contributed by atoms with E-state index in [2.05, 4.69) is 20.9 Å². The standard InChI is InChI=1S/C25H31ClN4O2S/c1-13-20(11-18(26)12-27-13)28-14(2)22-5-6-23(33-22)25(32)30-21(24(31)29-19-3-4-19)9-15-7-16-10-17(16)8-15/h5-6,11-12,14-17,19,21,28H,3-4,7-10H2,1-2H3,(H,29,31)(H,30,32)/t14-,15?,16?,17?,21-/m0/s1. The van der Waals surface area contributed by atoms with Crippen LogP contribution in [0.5, 0.6) is 0 Å². The van der Waals surface area contributed by atoms with Gasteiger partial charge >= 0.3 is 0 Å². The molecule has 2 aromatic rings. The Bertz CT molecular complexity index is 1040. The predicted octanol–water partition coefficient (Wildman–Crippen LogP) is 5.09. The van der Waals surface area contributed by atoms with Gasteiger partial charge in [-0.25, -0.2) is 0 Å². The lowest BCUT2D eigenvalue weighted by Crippen LogP contribution is -2.48. The number of nitrogens with zero attached hydrogens (tertiary/aromatic N) is 1. The molecule has 3 fully saturated rings. The van der Waals surface area contributed by atoms with E-state index in [4.69, 9.17) is 11.6 Å². The first kappa shape index (κ1) is 22.7. The lowest BCUT2D eigenvalue weighted by atomic mass is 9.94. The first-order valence-electron chi connectivity index (χ1n) is 12.0. The van der Waals surface area contributed by atoms with Gasteiger partial charge in [0.25, 0.3) is 5.91 Å². The summed E-state index contributed by atoms with van der Waals surface area (Å²) in [5.41, 5.74) is 1.75. The van der Waals surface area contributed by atoms with Crippen molar-refractivity contribution in [3.8, 4) is 0 Å². The Balaban J connectivity index is 1.22. The summed E-state index contributed by atoms with van der Waals surface area (Å²) in [5, 5.41) is 10.2. The molecule has 6 nitrogen and oxygen atoms in total. The summed E-state index contributed by atoms with van der Waals surface area (Å²) >= 11 is 7.54. The molecule has 0 bridgehead atoms. The highest BCUT2D eigenvalue weighted by Gasteiger charge is 2.46. The van der Waals surface area contributed by atoms with Gasteiger partial charge in [-0.15, -0.1) is 11.3 Å². The Kier molecular flexibility index (Phi) is 6.36. The van der Waals surface area contributed by atoms with E-state index in [1.54, 1.807) is 6.20 Å². The topological polar surface area (TPSA) is 83.1 Å². The van der Waals surface area contributed by atoms with Crippen LogP contribution in [-0.4, -0.2) is 28.9 Å². The second-order valence-electron chi connectivity index (χ2n) is 9.99. The van der Waals surface area contributed by atoms with Crippen LogP contribution in [0.4, 0.5) is 5.69 Å². The minimum absolute atomic E-state index is 0.00491. The number of amides is 2. The SMILES string of the molecule is Cc1ncc(Cl)cc1N[C@@H](C)c1ccc(C(=O)N[C@@H](CC2CC3CC3C2)C(=O)NC2CC2)s1. The van der Waals surface area contributed by atoms with Gasteiger partial charge in [0.2, 0.25) is 5.91 Å². The van der Waals surface area contributed by atoms with Gasteiger partial charge in [-0.05, 0) is 88.3 Å². The third-order valence-electron chi connectivity index (χ3n) is 7.16. The molecule has 2 heterocycles. The lowest BCUT2D eigenvalue weighted by Gasteiger charge is -2.22. The van der Waals surface area contributed by atoms with Crippen LogP contribution in [-0.2, 0) is 4.79 Å². The Morgan fingerprint density at radius 2 is 1.97 bits per heavy atom. The molecule has 5 rings (SSSR count). The van der Waals surface area contributed by atoms with E-state index in [0.717, 1.165) is 47.4 Å². The second-order valence-corrected chi connectivity index (χ2v) is 11.5. The highest BCUT2D eigenvalue weighted by atomic mass is 35.5. The molecule has 0 spiro atoms. The number of halogens is 1. The van der Waals surface area contributed by atoms with Gasteiger partial charge in [0.1, 0.15) is 6.04 Å². The number of thiophene rings is 1. The highest BCUT2D eigenvalue weighted by molar-refractivity contribution is 7.14. The van der Waals surface area contributed by atoms with Crippen LogP contribution in [0.25, 0.3) is 0 Å². The van der Waals surface area contributed by atoms with Crippen molar-refractivity contribution < 1.29 is 9.59 Å². The molecule has 2 unspecified atom stereocenters. The normalized spacial score (nSPS) is 25.1. The largest absolute Gasteiger partial charge is 0.376 e. The average molecular weight is 487 g/mol. The van der Waals surface area contributed by atoms with E-state index in [-0.39, 0.29) is 17.9 Å². The van der Waals surface area contributed by atoms with Crippen LogP contribution in [0, 0.1) is 24.7 Å². The maximum atomic E-state index is 13.1. The van der Waals surface area contributed by atoms with E-state index in [1.807, 2.05) is 32.0 Å². The number of nitrogens with one attached hydrogen (secondary N) is 3. The van der Waals surface area contributed by atoms with Crippen molar-refractivity contribution in [1.29, 1.82) is 0 Å². The van der Waals surface area contributed by atoms with E-state index >= 15 is 0 Å². The monoisotopic (exact) mass is 486 g/mol. The maximum absolute atomic E-state index is 13.1. The third kappa shape index (κ3) is 5.52. The number of hydrogen-bond acceptors (Lipinski definition) is 5. The quantitative estimate of drug-likeness (QED) is 0.461. The average Bonchev–Trinajstić information content (AvgIpc) is 3.64. The number of rotatable bonds is 9. The first-order chi connectivity index (χ1) is 15.9. The minimum atomic E-state index is -0.457. The summed E-state index contributed by atoms with van der Waals surface area (Å²) in [5.74, 6) is 2.08. The Morgan fingerprint density at radius 3 is 2.70 bits per heavy atom. The molecule has 4 atom stereocenters. The molecule has 3 aliphatic carbocycles. The van der Waals surface area contributed by atoms with Crippen LogP contribution in [0.15, 0.2) is 24.4 Å². The number of carbonyl (C=O) groups is 2. The number of pyridine rings is 1. The molecular formula is C25H31ClN4O2S. The van der Waals surface area contributed by atoms with Gasteiger partial charge in [-0.3, -0.25) is 14.6 Å². The van der Waals surface area contributed by atoms with Crippen LogP contribution in [0.1, 0.15) is 71.7 Å². The fourth-order valence-electron chi connectivity index (χ4n) is 5.02. The molecule has 176 valence electrons. The highest BCUT2D eigenvalue weighted by Crippen LogP contribution is 2.55. The molecule has 2 aromatic heterocycles. The third-order valence-corrected chi connectivity index (χ3v) is 8.63. The van der Waals surface area contributed by atoms with Gasteiger partial charge in [-0.1, -0.05) is 11.6 Å². The molecule has 3 N–H and O–H groups in total. The summed E-state index contributed by atoms with van der Waals surface area (Å²) in [6.07, 6.45) is 8.23. The van der Waals surface area contributed by atoms with Crippen molar-refractivity contribution in [2.75, 3.05) is 5.32 Å². The smallest absolute Gasteiger partial charge is 0.262 e. The molecule has 0 aliphatic heterocycles. The van der Waals surface area contributed by atoms with E-state index in [9.17, 15) is 9.59 Å². The zero-order valence-corrected chi connectivity index (χ0v) is 20.6. The number of anilines is 1. The van der Waals surface area contributed by atoms with Crippen LogP contribution in [0.2, 0.25) is 5.02 Å². The zero-order chi connectivity index (χ0) is 23.1. The number of aryl methyl sites for hydroxylation is 1. The van der Waals surface area contributed by atoms with Gasteiger partial charge < -0.3 is 16.0 Å². The fraction of sp³-hybridized carbons (Fsp3) is 0.560. The van der Waals surface area contributed by atoms with Crippen molar-refractivity contribution in [2.24, 2.45) is 17.8 Å². The number of fused-ring (bicyclic) bond motifs is 1. The number of hydrogen-bond donors (Lipinski definition) is 3. The first-order valence-corrected chi connectivity index (χ1v) is 13.1.